The molecule has 0 unspecified atom stereocenters. The molecule has 0 aliphatic carbocycles. The number of thioether (sulfide) groups is 1. The summed E-state index contributed by atoms with van der Waals surface area (Å²) in [6.45, 7) is 3.95. The normalized spacial score (nSPS) is 17.9. The van der Waals surface area contributed by atoms with Crippen molar-refractivity contribution in [1.29, 1.82) is 0 Å². The van der Waals surface area contributed by atoms with Crippen molar-refractivity contribution < 1.29 is 9.59 Å². The molecule has 0 saturated carbocycles. The first-order valence-electron chi connectivity index (χ1n) is 8.97. The highest BCUT2D eigenvalue weighted by molar-refractivity contribution is 8.14. The molecule has 142 valence electrons. The summed E-state index contributed by atoms with van der Waals surface area (Å²) >= 11 is 7.14. The van der Waals surface area contributed by atoms with Gasteiger partial charge in [-0.25, -0.2) is 9.89 Å². The number of nitrogens with zero attached hydrogens (tertiary/aromatic N) is 3. The summed E-state index contributed by atoms with van der Waals surface area (Å²) in [5.41, 5.74) is 2.18. The number of carbonyl (C=O) groups is 2. The van der Waals surface area contributed by atoms with E-state index in [1.807, 2.05) is 38.1 Å². The third-order valence-electron chi connectivity index (χ3n) is 4.63. The van der Waals surface area contributed by atoms with Crippen LogP contribution in [0, 0.1) is 5.92 Å². The second-order valence-corrected chi connectivity index (χ2v) is 8.32. The van der Waals surface area contributed by atoms with E-state index in [4.69, 9.17) is 11.6 Å². The standard InChI is InChI=1S/C21H18ClN3O2S/c1-12(2)18-20(27)25-19(24-18)15-5-3-4-6-16(15)23-21(25)28-11-17(26)13-7-9-14(22)10-8-13/h3-10,12,18H,11H2,1-2H3/t18-/m0/s1. The van der Waals surface area contributed by atoms with Crippen molar-refractivity contribution in [1.82, 2.24) is 4.90 Å². The molecule has 7 heteroatoms. The Morgan fingerprint density at radius 3 is 2.61 bits per heavy atom. The number of hydrogen-bond acceptors (Lipinski definition) is 5. The van der Waals surface area contributed by atoms with Gasteiger partial charge in [0.1, 0.15) is 11.9 Å². The van der Waals surface area contributed by atoms with Crippen LogP contribution in [0.2, 0.25) is 5.02 Å². The number of carbonyl (C=O) groups excluding carboxylic acids is 2. The maximum atomic E-state index is 13.0. The van der Waals surface area contributed by atoms with E-state index in [0.29, 0.717) is 21.6 Å². The average Bonchev–Trinajstić information content (AvgIpc) is 3.04. The number of hydrogen-bond donors (Lipinski definition) is 0. The van der Waals surface area contributed by atoms with Crippen molar-refractivity contribution in [2.24, 2.45) is 15.9 Å². The van der Waals surface area contributed by atoms with Crippen molar-refractivity contribution in [2.75, 3.05) is 5.75 Å². The second-order valence-electron chi connectivity index (χ2n) is 6.95. The Labute approximate surface area is 172 Å². The molecule has 2 heterocycles. The Morgan fingerprint density at radius 2 is 1.89 bits per heavy atom. The Bertz CT molecular complexity index is 1010. The van der Waals surface area contributed by atoms with Gasteiger partial charge >= 0.3 is 0 Å². The first-order chi connectivity index (χ1) is 13.5. The molecule has 2 aromatic carbocycles. The average molecular weight is 412 g/mol. The second kappa shape index (κ2) is 7.53. The summed E-state index contributed by atoms with van der Waals surface area (Å²) in [4.78, 5) is 36.4. The first-order valence-corrected chi connectivity index (χ1v) is 10.3. The van der Waals surface area contributed by atoms with Crippen LogP contribution in [0.5, 0.6) is 0 Å². The molecule has 1 amide bonds. The van der Waals surface area contributed by atoms with Crippen LogP contribution < -0.4 is 0 Å². The predicted molar refractivity (Wildman–Crippen MR) is 114 cm³/mol. The lowest BCUT2D eigenvalue weighted by atomic mass is 10.1. The molecule has 0 radical (unpaired) electrons. The zero-order chi connectivity index (χ0) is 19.8. The molecule has 0 N–H and O–H groups in total. The van der Waals surface area contributed by atoms with Crippen molar-refractivity contribution >= 4 is 51.7 Å². The number of benzene rings is 2. The third-order valence-corrected chi connectivity index (χ3v) is 5.82. The van der Waals surface area contributed by atoms with Crippen LogP contribution in [0.4, 0.5) is 5.69 Å². The monoisotopic (exact) mass is 411 g/mol. The van der Waals surface area contributed by atoms with Crippen molar-refractivity contribution in [3.63, 3.8) is 0 Å². The minimum absolute atomic E-state index is 0.0474. The zero-order valence-corrected chi connectivity index (χ0v) is 17.0. The van der Waals surface area contributed by atoms with Crippen LogP contribution in [0.15, 0.2) is 58.5 Å². The Balaban J connectivity index is 1.62. The van der Waals surface area contributed by atoms with Crippen LogP contribution >= 0.6 is 23.4 Å². The molecule has 2 aliphatic rings. The van der Waals surface area contributed by atoms with E-state index in [0.717, 1.165) is 11.3 Å². The predicted octanol–water partition coefficient (Wildman–Crippen LogP) is 4.57. The van der Waals surface area contributed by atoms with Gasteiger partial charge in [-0.3, -0.25) is 14.6 Å². The molecule has 5 nitrogen and oxygen atoms in total. The lowest BCUT2D eigenvalue weighted by Crippen LogP contribution is -2.42. The zero-order valence-electron chi connectivity index (χ0n) is 15.4. The maximum Gasteiger partial charge on any atom is 0.259 e. The molecule has 2 aromatic rings. The molecule has 0 bridgehead atoms. The Morgan fingerprint density at radius 1 is 1.18 bits per heavy atom. The number of Topliss-reactive ketones (excluding diaryl/α,β-unsaturated/α-hetero) is 1. The topological polar surface area (TPSA) is 62.1 Å². The summed E-state index contributed by atoms with van der Waals surface area (Å²) in [6, 6.07) is 14.0. The van der Waals surface area contributed by atoms with Gasteiger partial charge in [-0.2, -0.15) is 0 Å². The number of amidine groups is 2. The smallest absolute Gasteiger partial charge is 0.259 e. The number of para-hydroxylation sites is 1. The maximum absolute atomic E-state index is 13.0. The van der Waals surface area contributed by atoms with E-state index in [2.05, 4.69) is 9.98 Å². The van der Waals surface area contributed by atoms with Crippen molar-refractivity contribution in [3.05, 3.63) is 64.7 Å². The minimum atomic E-state index is -0.432. The van der Waals surface area contributed by atoms with E-state index in [9.17, 15) is 9.59 Å². The summed E-state index contributed by atoms with van der Waals surface area (Å²) in [6.07, 6.45) is 0. The number of halogens is 1. The number of rotatable bonds is 4. The van der Waals surface area contributed by atoms with Crippen LogP contribution in [0.3, 0.4) is 0 Å². The SMILES string of the molecule is CC(C)[C@@H]1N=C2c3ccccc3N=C(SCC(=O)c3ccc(Cl)cc3)N2C1=O. The van der Waals surface area contributed by atoms with Crippen LogP contribution in [-0.2, 0) is 4.79 Å². The fourth-order valence-corrected chi connectivity index (χ4v) is 4.17. The number of ketones is 1. The van der Waals surface area contributed by atoms with Gasteiger partial charge in [-0.1, -0.05) is 49.3 Å². The van der Waals surface area contributed by atoms with Gasteiger partial charge < -0.3 is 0 Å². The summed E-state index contributed by atoms with van der Waals surface area (Å²) < 4.78 is 0. The molecule has 2 aliphatic heterocycles. The molecule has 0 saturated heterocycles. The van der Waals surface area contributed by atoms with Gasteiger partial charge in [0.05, 0.1) is 11.4 Å². The fourth-order valence-electron chi connectivity index (χ4n) is 3.15. The van der Waals surface area contributed by atoms with Gasteiger partial charge in [-0.05, 0) is 42.3 Å². The van der Waals surface area contributed by atoms with Gasteiger partial charge in [0, 0.05) is 16.1 Å². The van der Waals surface area contributed by atoms with E-state index in [1.54, 1.807) is 29.2 Å². The van der Waals surface area contributed by atoms with E-state index in [-0.39, 0.29) is 23.4 Å². The van der Waals surface area contributed by atoms with E-state index < -0.39 is 6.04 Å². The van der Waals surface area contributed by atoms with Crippen LogP contribution in [-0.4, -0.2) is 39.4 Å². The quantitative estimate of drug-likeness (QED) is 0.692. The Kier molecular flexibility index (Phi) is 5.08. The summed E-state index contributed by atoms with van der Waals surface area (Å²) in [5, 5.41) is 1.08. The highest BCUT2D eigenvalue weighted by Gasteiger charge is 2.42. The number of amides is 1. The summed E-state index contributed by atoms with van der Waals surface area (Å²) in [5.74, 6) is 0.736. The van der Waals surface area contributed by atoms with Gasteiger partial charge in [0.25, 0.3) is 5.91 Å². The van der Waals surface area contributed by atoms with Crippen LogP contribution in [0.25, 0.3) is 0 Å². The minimum Gasteiger partial charge on any atom is -0.293 e. The van der Waals surface area contributed by atoms with E-state index >= 15 is 0 Å². The highest BCUT2D eigenvalue weighted by atomic mass is 35.5. The van der Waals surface area contributed by atoms with Crippen LogP contribution in [0.1, 0.15) is 29.8 Å². The summed E-state index contributed by atoms with van der Waals surface area (Å²) in [7, 11) is 0. The molecular weight excluding hydrogens is 394 g/mol. The van der Waals surface area contributed by atoms with E-state index in [1.165, 1.54) is 11.8 Å². The van der Waals surface area contributed by atoms with Gasteiger partial charge in [0.15, 0.2) is 11.0 Å². The lowest BCUT2D eigenvalue weighted by molar-refractivity contribution is -0.125. The van der Waals surface area contributed by atoms with Crippen molar-refractivity contribution in [3.8, 4) is 0 Å². The molecule has 0 aromatic heterocycles. The third kappa shape index (κ3) is 3.38. The molecule has 4 rings (SSSR count). The van der Waals surface area contributed by atoms with Gasteiger partial charge in [0.2, 0.25) is 0 Å². The molecular formula is C21H18ClN3O2S. The van der Waals surface area contributed by atoms with Gasteiger partial charge in [-0.15, -0.1) is 0 Å². The number of aliphatic imine (C=N–C) groups is 2. The molecule has 1 atom stereocenters. The van der Waals surface area contributed by atoms with Crippen molar-refractivity contribution in [2.45, 2.75) is 19.9 Å². The number of fused-ring (bicyclic) bond motifs is 3. The molecule has 0 fully saturated rings. The molecule has 28 heavy (non-hydrogen) atoms. The molecule has 0 spiro atoms. The Hall–Kier alpha value is -2.44. The highest BCUT2D eigenvalue weighted by Crippen LogP contribution is 2.34. The largest absolute Gasteiger partial charge is 0.293 e. The first kappa shape index (κ1) is 18.9. The lowest BCUT2D eigenvalue weighted by Gasteiger charge is -2.25. The fraction of sp³-hybridized carbons (Fsp3) is 0.238.